The molecule has 5 unspecified atom stereocenters. The molecule has 0 aromatic heterocycles. The van der Waals surface area contributed by atoms with Crippen LogP contribution in [0, 0.1) is 52.3 Å². The molecule has 12 atom stereocenters. The summed E-state index contributed by atoms with van der Waals surface area (Å²) in [5, 5.41) is 0. The first kappa shape index (κ1) is 33.1. The van der Waals surface area contributed by atoms with Crippen molar-refractivity contribution in [2.24, 2.45) is 52.3 Å². The Morgan fingerprint density at radius 2 is 1.54 bits per heavy atom. The molecule has 0 aromatic carbocycles. The van der Waals surface area contributed by atoms with Gasteiger partial charge in [-0.3, -0.25) is 4.79 Å². The minimum Gasteiger partial charge on any atom is -0.469 e. The monoisotopic (exact) mass is 582 g/mol. The molecule has 0 radical (unpaired) electrons. The van der Waals surface area contributed by atoms with E-state index in [1.54, 1.807) is 21.3 Å². The molecule has 4 aliphatic carbocycles. The predicted molar refractivity (Wildman–Crippen MR) is 156 cm³/mol. The van der Waals surface area contributed by atoms with Crippen LogP contribution in [0.2, 0.25) is 0 Å². The maximum atomic E-state index is 12.0. The molecule has 41 heavy (non-hydrogen) atoms. The lowest BCUT2D eigenvalue weighted by Gasteiger charge is -2.66. The molecular formula is C33H58O8. The van der Waals surface area contributed by atoms with Gasteiger partial charge in [-0.15, -0.1) is 0 Å². The Balaban J connectivity index is 1.71. The Hall–Kier alpha value is -0.770. The molecule has 0 aromatic rings. The summed E-state index contributed by atoms with van der Waals surface area (Å²) < 4.78 is 40.9. The second-order valence-electron chi connectivity index (χ2n) is 13.9. The number of hydrogen-bond donors (Lipinski definition) is 0. The molecule has 4 aliphatic rings. The molecule has 4 fully saturated rings. The molecule has 0 bridgehead atoms. The summed E-state index contributed by atoms with van der Waals surface area (Å²) in [6, 6.07) is 0. The third-order valence-corrected chi connectivity index (χ3v) is 12.4. The van der Waals surface area contributed by atoms with Crippen LogP contribution in [0.3, 0.4) is 0 Å². The van der Waals surface area contributed by atoms with E-state index in [9.17, 15) is 4.79 Å². The van der Waals surface area contributed by atoms with E-state index in [1.165, 1.54) is 13.5 Å². The fourth-order valence-corrected chi connectivity index (χ4v) is 10.6. The number of carbonyl (C=O) groups excluding carboxylic acids is 1. The van der Waals surface area contributed by atoms with Gasteiger partial charge in [-0.25, -0.2) is 0 Å². The summed E-state index contributed by atoms with van der Waals surface area (Å²) in [6.45, 7) is 10.7. The number of rotatable bonds is 14. The minimum atomic E-state index is -0.123. The van der Waals surface area contributed by atoms with Crippen LogP contribution < -0.4 is 0 Å². The quantitative estimate of drug-likeness (QED) is 0.181. The average Bonchev–Trinajstić information content (AvgIpc) is 3.34. The first-order valence-corrected chi connectivity index (χ1v) is 16.1. The first-order chi connectivity index (χ1) is 19.7. The van der Waals surface area contributed by atoms with Crippen LogP contribution >= 0.6 is 0 Å². The van der Waals surface area contributed by atoms with Gasteiger partial charge in [0.2, 0.25) is 0 Å². The zero-order chi connectivity index (χ0) is 29.8. The van der Waals surface area contributed by atoms with Crippen molar-refractivity contribution < 1.29 is 38.0 Å². The summed E-state index contributed by atoms with van der Waals surface area (Å²) in [6.07, 6.45) is 9.46. The van der Waals surface area contributed by atoms with Crippen LogP contribution in [0.15, 0.2) is 0 Å². The van der Waals surface area contributed by atoms with Gasteiger partial charge in [0.1, 0.15) is 20.4 Å². The van der Waals surface area contributed by atoms with Gasteiger partial charge in [-0.05, 0) is 91.8 Å². The maximum absolute atomic E-state index is 12.0. The number of carbonyl (C=O) groups is 1. The molecule has 0 saturated heterocycles. The Kier molecular flexibility index (Phi) is 11.6. The molecule has 0 heterocycles. The normalized spacial score (nSPS) is 42.7. The van der Waals surface area contributed by atoms with Gasteiger partial charge >= 0.3 is 5.97 Å². The fourth-order valence-electron chi connectivity index (χ4n) is 10.6. The van der Waals surface area contributed by atoms with E-state index >= 15 is 0 Å². The summed E-state index contributed by atoms with van der Waals surface area (Å²) in [7, 11) is 6.63. The standard InChI is InChI=1S/C33H58O8/c1-9-23-26-16-22(39-18-35-5)14-15-32(26,3)27-17-28(40-19-36-6)33(4)24(21(2)10-13-29(34)38-8)11-12-25(33)30(27)31(23)41-20-37-7/h21-28,30-31H,9-20H2,1-8H3/t21?,22-,23-,24?,25?,26+,27?,28+,30?,31-,32+,33-/m1/s1. The number of esters is 1. The van der Waals surface area contributed by atoms with E-state index in [2.05, 4.69) is 27.7 Å². The van der Waals surface area contributed by atoms with Gasteiger partial charge < -0.3 is 33.2 Å². The van der Waals surface area contributed by atoms with Crippen molar-refractivity contribution in [2.45, 2.75) is 104 Å². The van der Waals surface area contributed by atoms with Crippen molar-refractivity contribution in [1.29, 1.82) is 0 Å². The molecule has 4 saturated carbocycles. The lowest BCUT2D eigenvalue weighted by atomic mass is 9.40. The van der Waals surface area contributed by atoms with Crippen molar-refractivity contribution in [3.63, 3.8) is 0 Å². The van der Waals surface area contributed by atoms with Crippen molar-refractivity contribution >= 4 is 5.97 Å². The molecule has 8 heteroatoms. The van der Waals surface area contributed by atoms with Crippen molar-refractivity contribution in [1.82, 2.24) is 0 Å². The van der Waals surface area contributed by atoms with Gasteiger partial charge in [0.15, 0.2) is 0 Å². The summed E-state index contributed by atoms with van der Waals surface area (Å²) in [4.78, 5) is 12.0. The van der Waals surface area contributed by atoms with Crippen LogP contribution in [0.4, 0.5) is 0 Å². The topological polar surface area (TPSA) is 81.7 Å². The Morgan fingerprint density at radius 3 is 2.20 bits per heavy atom. The lowest BCUT2D eigenvalue weighted by Crippen LogP contribution is -2.66. The van der Waals surface area contributed by atoms with Crippen LogP contribution in [0.25, 0.3) is 0 Å². The summed E-state index contributed by atoms with van der Waals surface area (Å²) >= 11 is 0. The van der Waals surface area contributed by atoms with E-state index in [0.717, 1.165) is 44.9 Å². The van der Waals surface area contributed by atoms with E-state index in [-0.39, 0.29) is 35.1 Å². The second-order valence-corrected chi connectivity index (χ2v) is 13.9. The zero-order valence-electron chi connectivity index (χ0n) is 27.0. The maximum Gasteiger partial charge on any atom is 0.305 e. The molecule has 0 aliphatic heterocycles. The average molecular weight is 583 g/mol. The largest absolute Gasteiger partial charge is 0.469 e. The Morgan fingerprint density at radius 1 is 0.854 bits per heavy atom. The lowest BCUT2D eigenvalue weighted by molar-refractivity contribution is -0.267. The SMILES string of the molecule is CC[C@H]1[C@@H](OCOC)C2C3CCC(C(C)CCC(=O)OC)[C@@]3(C)[C@@H](OCOC)CC2[C@@]2(C)CC[C@@H](OCOC)C[C@@H]12. The smallest absolute Gasteiger partial charge is 0.305 e. The van der Waals surface area contributed by atoms with Crippen molar-refractivity contribution in [3.8, 4) is 0 Å². The Labute approximate surface area is 248 Å². The molecule has 4 rings (SSSR count). The molecule has 8 nitrogen and oxygen atoms in total. The van der Waals surface area contributed by atoms with Gasteiger partial charge in [-0.1, -0.05) is 34.1 Å². The number of methoxy groups -OCH3 is 4. The van der Waals surface area contributed by atoms with E-state index in [1.807, 2.05) is 0 Å². The molecule has 0 spiro atoms. The number of fused-ring (bicyclic) bond motifs is 5. The molecule has 0 N–H and O–H groups in total. The third kappa shape index (κ3) is 6.26. The third-order valence-electron chi connectivity index (χ3n) is 12.4. The highest BCUT2D eigenvalue weighted by atomic mass is 16.7. The highest BCUT2D eigenvalue weighted by Gasteiger charge is 2.68. The minimum absolute atomic E-state index is 0.0236. The van der Waals surface area contributed by atoms with Crippen LogP contribution in [0.5, 0.6) is 0 Å². The van der Waals surface area contributed by atoms with Crippen LogP contribution in [-0.4, -0.2) is 73.1 Å². The van der Waals surface area contributed by atoms with Crippen LogP contribution in [-0.2, 0) is 38.0 Å². The predicted octanol–water partition coefficient (Wildman–Crippen LogP) is 6.06. The zero-order valence-corrected chi connectivity index (χ0v) is 27.0. The highest BCUT2D eigenvalue weighted by molar-refractivity contribution is 5.69. The van der Waals surface area contributed by atoms with Crippen molar-refractivity contribution in [2.75, 3.05) is 48.8 Å². The van der Waals surface area contributed by atoms with Crippen molar-refractivity contribution in [3.05, 3.63) is 0 Å². The second kappa shape index (κ2) is 14.3. The molecule has 238 valence electrons. The van der Waals surface area contributed by atoms with Gasteiger partial charge in [-0.2, -0.15) is 0 Å². The van der Waals surface area contributed by atoms with E-state index in [4.69, 9.17) is 33.2 Å². The molecular weight excluding hydrogens is 524 g/mol. The van der Waals surface area contributed by atoms with E-state index in [0.29, 0.717) is 68.2 Å². The molecule has 0 amide bonds. The van der Waals surface area contributed by atoms with Gasteiger partial charge in [0.05, 0.1) is 25.4 Å². The number of ether oxygens (including phenoxy) is 7. The van der Waals surface area contributed by atoms with Gasteiger partial charge in [0, 0.05) is 33.2 Å². The van der Waals surface area contributed by atoms with E-state index < -0.39 is 0 Å². The fraction of sp³-hybridized carbons (Fsp3) is 0.970. The highest BCUT2D eigenvalue weighted by Crippen LogP contribution is 2.70. The van der Waals surface area contributed by atoms with Gasteiger partial charge in [0.25, 0.3) is 0 Å². The first-order valence-electron chi connectivity index (χ1n) is 16.1. The summed E-state index contributed by atoms with van der Waals surface area (Å²) in [5.41, 5.74) is 0.167. The Bertz CT molecular complexity index is 838. The number of hydrogen-bond acceptors (Lipinski definition) is 8. The van der Waals surface area contributed by atoms with Crippen LogP contribution in [0.1, 0.15) is 85.5 Å². The summed E-state index contributed by atoms with van der Waals surface area (Å²) in [5.74, 6) is 3.10.